The SMILES string of the molecule is CC(C)(C)[C@H](c1cc(-c2cc(F)ccc2F)cn1Cc1ccccc1)N(CC[C@H](N)C(=O)NCCOCCNC(=O)CN1C(=O)C=CC1=O)C(=O)CO. The van der Waals surface area contributed by atoms with Crippen LogP contribution in [0.4, 0.5) is 8.78 Å². The molecule has 0 unspecified atom stereocenters. The molecule has 2 aromatic carbocycles. The molecule has 2 atom stereocenters. The molecule has 0 fully saturated rings. The molecule has 3 aromatic rings. The van der Waals surface area contributed by atoms with E-state index >= 15 is 0 Å². The maximum atomic E-state index is 15.0. The first kappa shape index (κ1) is 40.5. The minimum atomic E-state index is -1.03. The first-order valence-electron chi connectivity index (χ1n) is 17.2. The maximum Gasteiger partial charge on any atom is 0.254 e. The third kappa shape index (κ3) is 11.1. The van der Waals surface area contributed by atoms with Crippen LogP contribution in [0.5, 0.6) is 0 Å². The zero-order valence-corrected chi connectivity index (χ0v) is 30.0. The Balaban J connectivity index is 1.39. The van der Waals surface area contributed by atoms with Gasteiger partial charge < -0.3 is 35.7 Å². The number of aliphatic hydroxyl groups excluding tert-OH is 1. The number of benzene rings is 2. The van der Waals surface area contributed by atoms with Crippen molar-refractivity contribution in [2.45, 2.75) is 45.8 Å². The van der Waals surface area contributed by atoms with Gasteiger partial charge in [0.2, 0.25) is 17.7 Å². The van der Waals surface area contributed by atoms with Gasteiger partial charge in [0.25, 0.3) is 11.8 Å². The maximum absolute atomic E-state index is 15.0. The van der Waals surface area contributed by atoms with Gasteiger partial charge in [0, 0.05) is 61.3 Å². The number of carbonyl (C=O) groups excluding carboxylic acids is 5. The topological polar surface area (TPSA) is 176 Å². The van der Waals surface area contributed by atoms with Crippen molar-refractivity contribution < 1.29 is 42.6 Å². The van der Waals surface area contributed by atoms with Crippen molar-refractivity contribution in [1.82, 2.24) is 25.0 Å². The molecule has 15 heteroatoms. The van der Waals surface area contributed by atoms with Gasteiger partial charge in [0.05, 0.1) is 25.3 Å². The first-order valence-corrected chi connectivity index (χ1v) is 17.2. The molecule has 53 heavy (non-hydrogen) atoms. The van der Waals surface area contributed by atoms with Crippen molar-refractivity contribution in [3.05, 3.63) is 95.8 Å². The lowest BCUT2D eigenvalue weighted by Crippen LogP contribution is -2.48. The molecule has 5 amide bonds. The summed E-state index contributed by atoms with van der Waals surface area (Å²) in [5.41, 5.74) is 7.61. The van der Waals surface area contributed by atoms with Gasteiger partial charge in [-0.2, -0.15) is 0 Å². The van der Waals surface area contributed by atoms with Crippen LogP contribution in [0.15, 0.2) is 72.9 Å². The number of carbonyl (C=O) groups is 5. The van der Waals surface area contributed by atoms with Gasteiger partial charge in [-0.25, -0.2) is 8.78 Å². The average Bonchev–Trinajstić information content (AvgIpc) is 3.67. The van der Waals surface area contributed by atoms with Crippen LogP contribution in [0, 0.1) is 17.0 Å². The average molecular weight is 737 g/mol. The summed E-state index contributed by atoms with van der Waals surface area (Å²) in [4.78, 5) is 63.7. The molecule has 1 aliphatic heterocycles. The zero-order chi connectivity index (χ0) is 38.7. The Bertz CT molecular complexity index is 1790. The smallest absolute Gasteiger partial charge is 0.254 e. The van der Waals surface area contributed by atoms with E-state index in [1.807, 2.05) is 55.7 Å². The Kier molecular flexibility index (Phi) is 14.1. The molecule has 2 heterocycles. The number of rotatable bonds is 18. The van der Waals surface area contributed by atoms with Crippen LogP contribution in [-0.4, -0.2) is 101 Å². The molecule has 5 N–H and O–H groups in total. The summed E-state index contributed by atoms with van der Waals surface area (Å²) in [5, 5.41) is 15.3. The number of aliphatic hydroxyl groups is 1. The number of amides is 5. The summed E-state index contributed by atoms with van der Waals surface area (Å²) in [6.45, 7) is 5.36. The number of hydrogen-bond donors (Lipinski definition) is 4. The molecule has 1 aliphatic rings. The number of imide groups is 1. The van der Waals surface area contributed by atoms with Crippen molar-refractivity contribution in [3.8, 4) is 11.1 Å². The lowest BCUT2D eigenvalue weighted by atomic mass is 9.82. The van der Waals surface area contributed by atoms with Crippen LogP contribution in [0.25, 0.3) is 11.1 Å². The van der Waals surface area contributed by atoms with Gasteiger partial charge >= 0.3 is 0 Å². The van der Waals surface area contributed by atoms with Crippen LogP contribution < -0.4 is 16.4 Å². The molecule has 0 spiro atoms. The van der Waals surface area contributed by atoms with E-state index in [1.54, 1.807) is 12.3 Å². The van der Waals surface area contributed by atoms with Gasteiger partial charge in [0.15, 0.2) is 0 Å². The van der Waals surface area contributed by atoms with Gasteiger partial charge in [-0.05, 0) is 41.7 Å². The predicted octanol–water partition coefficient (Wildman–Crippen LogP) is 2.28. The summed E-state index contributed by atoms with van der Waals surface area (Å²) in [6.07, 6.45) is 3.94. The molecular formula is C38H46F2N6O7. The van der Waals surface area contributed by atoms with Crippen LogP contribution in [0.1, 0.15) is 44.5 Å². The fourth-order valence-electron chi connectivity index (χ4n) is 6.04. The monoisotopic (exact) mass is 736 g/mol. The highest BCUT2D eigenvalue weighted by molar-refractivity contribution is 6.14. The Hall–Kier alpha value is -5.25. The summed E-state index contributed by atoms with van der Waals surface area (Å²) in [6, 6.07) is 12.7. The highest BCUT2D eigenvalue weighted by Gasteiger charge is 2.37. The number of halogens is 2. The Morgan fingerprint density at radius 1 is 0.962 bits per heavy atom. The number of nitrogens with zero attached hydrogens (tertiary/aromatic N) is 3. The summed E-state index contributed by atoms with van der Waals surface area (Å²) < 4.78 is 36.6. The summed E-state index contributed by atoms with van der Waals surface area (Å²) in [7, 11) is 0. The number of hydrogen-bond acceptors (Lipinski definition) is 8. The van der Waals surface area contributed by atoms with Gasteiger partial charge in [0.1, 0.15) is 24.8 Å². The van der Waals surface area contributed by atoms with E-state index in [2.05, 4.69) is 10.6 Å². The van der Waals surface area contributed by atoms with E-state index in [4.69, 9.17) is 10.5 Å². The van der Waals surface area contributed by atoms with E-state index in [1.165, 1.54) is 4.90 Å². The molecule has 0 saturated carbocycles. The number of aromatic nitrogens is 1. The third-order valence-corrected chi connectivity index (χ3v) is 8.57. The molecule has 284 valence electrons. The molecule has 0 saturated heterocycles. The Morgan fingerprint density at radius 3 is 2.26 bits per heavy atom. The number of nitrogens with two attached hydrogens (primary N) is 1. The van der Waals surface area contributed by atoms with Crippen LogP contribution in [-0.2, 0) is 35.3 Å². The Labute approximate surface area is 306 Å². The van der Waals surface area contributed by atoms with E-state index in [0.29, 0.717) is 17.8 Å². The van der Waals surface area contributed by atoms with E-state index in [-0.39, 0.29) is 44.8 Å². The summed E-state index contributed by atoms with van der Waals surface area (Å²) >= 11 is 0. The predicted molar refractivity (Wildman–Crippen MR) is 192 cm³/mol. The fraction of sp³-hybridized carbons (Fsp3) is 0.395. The molecule has 4 rings (SSSR count). The van der Waals surface area contributed by atoms with Gasteiger partial charge in [-0.15, -0.1) is 0 Å². The fourth-order valence-corrected chi connectivity index (χ4v) is 6.04. The first-order chi connectivity index (χ1) is 25.2. The zero-order valence-electron chi connectivity index (χ0n) is 30.0. The third-order valence-electron chi connectivity index (χ3n) is 8.57. The van der Waals surface area contributed by atoms with Gasteiger partial charge in [-0.1, -0.05) is 51.1 Å². The summed E-state index contributed by atoms with van der Waals surface area (Å²) in [5.74, 6) is -3.93. The Morgan fingerprint density at radius 2 is 1.62 bits per heavy atom. The molecular weight excluding hydrogens is 690 g/mol. The second-order valence-corrected chi connectivity index (χ2v) is 13.6. The second-order valence-electron chi connectivity index (χ2n) is 13.6. The van der Waals surface area contributed by atoms with E-state index in [0.717, 1.165) is 40.8 Å². The lowest BCUT2D eigenvalue weighted by molar-refractivity contribution is -0.141. The number of nitrogens with one attached hydrogen (secondary N) is 2. The van der Waals surface area contributed by atoms with Crippen molar-refractivity contribution >= 4 is 29.5 Å². The van der Waals surface area contributed by atoms with Crippen molar-refractivity contribution in [1.29, 1.82) is 0 Å². The van der Waals surface area contributed by atoms with Crippen LogP contribution in [0.2, 0.25) is 0 Å². The van der Waals surface area contributed by atoms with E-state index < -0.39 is 71.8 Å². The van der Waals surface area contributed by atoms with Crippen LogP contribution >= 0.6 is 0 Å². The highest BCUT2D eigenvalue weighted by atomic mass is 19.1. The molecule has 13 nitrogen and oxygen atoms in total. The number of ether oxygens (including phenoxy) is 1. The van der Waals surface area contributed by atoms with Crippen molar-refractivity contribution in [3.63, 3.8) is 0 Å². The van der Waals surface area contributed by atoms with Gasteiger partial charge in [-0.3, -0.25) is 28.9 Å². The van der Waals surface area contributed by atoms with E-state index in [9.17, 15) is 37.9 Å². The van der Waals surface area contributed by atoms with Crippen LogP contribution in [0.3, 0.4) is 0 Å². The lowest BCUT2D eigenvalue weighted by Gasteiger charge is -2.41. The normalized spacial score (nSPS) is 14.0. The van der Waals surface area contributed by atoms with Crippen molar-refractivity contribution in [2.24, 2.45) is 11.1 Å². The molecule has 0 radical (unpaired) electrons. The largest absolute Gasteiger partial charge is 0.387 e. The minimum absolute atomic E-state index is 0.00300. The second kappa shape index (κ2) is 18.5. The molecule has 1 aromatic heterocycles. The molecule has 0 bridgehead atoms. The standard InChI is InChI=1S/C38H46F2N6O7/c1-38(2,3)36(31-19-26(28-20-27(39)9-10-29(28)40)22-44(31)21-25-7-5-4-6-8-25)45(35(51)24-47)16-13-30(41)37(52)43-15-18-53-17-14-42-32(48)23-46-33(49)11-12-34(46)50/h4-12,19-20,22,30,36,47H,13-18,21,23-24,41H2,1-3H3,(H,42,48)(H,43,52)/t30-,36-/m0/s1. The highest BCUT2D eigenvalue weighted by Crippen LogP contribution is 2.41. The quantitative estimate of drug-likeness (QED) is 0.114. The van der Waals surface area contributed by atoms with Crippen molar-refractivity contribution in [2.75, 3.05) is 46.0 Å². The minimum Gasteiger partial charge on any atom is -0.387 e. The molecule has 0 aliphatic carbocycles.